The van der Waals surface area contributed by atoms with Crippen molar-refractivity contribution in [1.82, 2.24) is 14.5 Å². The molecule has 2 aromatic heterocycles. The zero-order chi connectivity index (χ0) is 17.4. The van der Waals surface area contributed by atoms with Crippen molar-refractivity contribution in [3.63, 3.8) is 0 Å². The summed E-state index contributed by atoms with van der Waals surface area (Å²) >= 11 is 6.31. The zero-order valence-corrected chi connectivity index (χ0v) is 14.5. The Bertz CT molecular complexity index is 1050. The molecule has 4 rings (SSSR count). The molecule has 0 fully saturated rings. The van der Waals surface area contributed by atoms with Gasteiger partial charge in [-0.1, -0.05) is 35.9 Å². The second kappa shape index (κ2) is 6.31. The summed E-state index contributed by atoms with van der Waals surface area (Å²) in [6.45, 7) is 1.97. The lowest BCUT2D eigenvalue weighted by Crippen LogP contribution is -2.04. The molecule has 0 aliphatic heterocycles. The Morgan fingerprint density at radius 3 is 2.68 bits per heavy atom. The number of nitrogens with two attached hydrogens (primary N) is 1. The van der Waals surface area contributed by atoms with Crippen molar-refractivity contribution in [2.75, 3.05) is 0 Å². The van der Waals surface area contributed by atoms with Crippen molar-refractivity contribution >= 4 is 22.6 Å². The summed E-state index contributed by atoms with van der Waals surface area (Å²) in [6.07, 6.45) is 3.61. The first-order valence-corrected chi connectivity index (χ1v) is 8.45. The summed E-state index contributed by atoms with van der Waals surface area (Å²) in [5, 5.41) is 0.684. The number of hydrogen-bond donors (Lipinski definition) is 1. The van der Waals surface area contributed by atoms with Gasteiger partial charge in [-0.2, -0.15) is 0 Å². The van der Waals surface area contributed by atoms with E-state index in [0.29, 0.717) is 5.02 Å². The Balaban J connectivity index is 1.82. The van der Waals surface area contributed by atoms with Crippen LogP contribution in [0.1, 0.15) is 18.5 Å². The van der Waals surface area contributed by atoms with E-state index in [1.165, 1.54) is 0 Å². The van der Waals surface area contributed by atoms with Gasteiger partial charge in [-0.15, -0.1) is 0 Å². The van der Waals surface area contributed by atoms with Crippen LogP contribution < -0.4 is 5.73 Å². The van der Waals surface area contributed by atoms with Crippen LogP contribution in [0, 0.1) is 0 Å². The molecule has 2 heterocycles. The van der Waals surface area contributed by atoms with Gasteiger partial charge in [0.2, 0.25) is 0 Å². The number of pyridine rings is 1. The molecule has 0 aliphatic rings. The first-order valence-electron chi connectivity index (χ1n) is 8.07. The summed E-state index contributed by atoms with van der Waals surface area (Å²) in [4.78, 5) is 8.98. The van der Waals surface area contributed by atoms with Crippen molar-refractivity contribution < 1.29 is 0 Å². The molecule has 4 aromatic rings. The molecule has 0 aliphatic carbocycles. The fraction of sp³-hybridized carbons (Fsp3) is 0.100. The summed E-state index contributed by atoms with van der Waals surface area (Å²) in [5.41, 5.74) is 11.7. The van der Waals surface area contributed by atoms with E-state index in [9.17, 15) is 0 Å². The van der Waals surface area contributed by atoms with E-state index in [1.54, 1.807) is 6.20 Å². The quantitative estimate of drug-likeness (QED) is 0.580. The first-order chi connectivity index (χ1) is 12.1. The maximum absolute atomic E-state index is 6.31. The van der Waals surface area contributed by atoms with E-state index in [-0.39, 0.29) is 6.04 Å². The minimum Gasteiger partial charge on any atom is -0.324 e. The molecule has 0 saturated heterocycles. The minimum absolute atomic E-state index is 0.0118. The van der Waals surface area contributed by atoms with Gasteiger partial charge in [-0.25, -0.2) is 4.98 Å². The number of benzene rings is 2. The lowest BCUT2D eigenvalue weighted by Gasteiger charge is -2.09. The largest absolute Gasteiger partial charge is 0.324 e. The molecule has 0 spiro atoms. The van der Waals surface area contributed by atoms with Gasteiger partial charge in [-0.3, -0.25) is 9.55 Å². The number of halogens is 1. The van der Waals surface area contributed by atoms with Crippen LogP contribution >= 0.6 is 11.6 Å². The van der Waals surface area contributed by atoms with Gasteiger partial charge >= 0.3 is 0 Å². The van der Waals surface area contributed by atoms with Crippen molar-refractivity contribution in [2.45, 2.75) is 13.0 Å². The number of rotatable bonds is 3. The Kier molecular flexibility index (Phi) is 3.99. The van der Waals surface area contributed by atoms with Gasteiger partial charge in [-0.05, 0) is 42.8 Å². The highest BCUT2D eigenvalue weighted by atomic mass is 35.5. The molecule has 1 atom stereocenters. The van der Waals surface area contributed by atoms with Crippen LogP contribution in [0.25, 0.3) is 28.0 Å². The van der Waals surface area contributed by atoms with E-state index in [0.717, 1.165) is 33.5 Å². The van der Waals surface area contributed by atoms with Crippen LogP contribution in [0.2, 0.25) is 5.02 Å². The molecular formula is C20H17ClN4. The van der Waals surface area contributed by atoms with E-state index >= 15 is 0 Å². The first kappa shape index (κ1) is 15.8. The molecule has 124 valence electrons. The average molecular weight is 349 g/mol. The van der Waals surface area contributed by atoms with E-state index in [2.05, 4.69) is 16.0 Å². The second-order valence-electron chi connectivity index (χ2n) is 6.03. The zero-order valence-electron chi connectivity index (χ0n) is 13.7. The summed E-state index contributed by atoms with van der Waals surface area (Å²) in [7, 11) is 0. The Morgan fingerprint density at radius 1 is 1.04 bits per heavy atom. The van der Waals surface area contributed by atoms with Gasteiger partial charge < -0.3 is 5.73 Å². The molecule has 0 radical (unpaired) electrons. The third kappa shape index (κ3) is 2.90. The number of aromatic nitrogens is 3. The number of imidazole rings is 1. The summed E-state index contributed by atoms with van der Waals surface area (Å²) in [6, 6.07) is 17.8. The van der Waals surface area contributed by atoms with Crippen LogP contribution in [0.3, 0.4) is 0 Å². The molecule has 5 heteroatoms. The lowest BCUT2D eigenvalue weighted by atomic mass is 10.1. The average Bonchev–Trinajstić information content (AvgIpc) is 3.05. The monoisotopic (exact) mass is 348 g/mol. The molecule has 2 N–H and O–H groups in total. The number of fused-ring (bicyclic) bond motifs is 1. The molecule has 0 saturated carbocycles. The molecule has 2 aromatic carbocycles. The van der Waals surface area contributed by atoms with Crippen molar-refractivity contribution in [3.05, 3.63) is 77.7 Å². The molecule has 0 bridgehead atoms. The number of nitrogens with zero attached hydrogens (tertiary/aromatic N) is 3. The van der Waals surface area contributed by atoms with Crippen LogP contribution in [-0.4, -0.2) is 14.5 Å². The van der Waals surface area contributed by atoms with Crippen LogP contribution in [0.5, 0.6) is 0 Å². The van der Waals surface area contributed by atoms with Crippen molar-refractivity contribution in [1.29, 1.82) is 0 Å². The van der Waals surface area contributed by atoms with Crippen molar-refractivity contribution in [3.8, 4) is 16.9 Å². The summed E-state index contributed by atoms with van der Waals surface area (Å²) < 4.78 is 2.04. The van der Waals surface area contributed by atoms with E-state index < -0.39 is 0 Å². The van der Waals surface area contributed by atoms with Crippen LogP contribution in [0.15, 0.2) is 67.1 Å². The molecule has 25 heavy (non-hydrogen) atoms. The highest BCUT2D eigenvalue weighted by Gasteiger charge is 2.10. The highest BCUT2D eigenvalue weighted by molar-refractivity contribution is 6.33. The molecular weight excluding hydrogens is 332 g/mol. The highest BCUT2D eigenvalue weighted by Crippen LogP contribution is 2.28. The molecule has 0 unspecified atom stereocenters. The Hall–Kier alpha value is -2.69. The topological polar surface area (TPSA) is 56.7 Å². The predicted molar refractivity (Wildman–Crippen MR) is 102 cm³/mol. The van der Waals surface area contributed by atoms with Crippen molar-refractivity contribution in [2.24, 2.45) is 5.73 Å². The maximum atomic E-state index is 6.31. The van der Waals surface area contributed by atoms with E-state index in [1.807, 2.05) is 66.3 Å². The third-order valence-corrected chi connectivity index (χ3v) is 4.60. The normalized spacial score (nSPS) is 12.4. The molecule has 0 amide bonds. The minimum atomic E-state index is -0.0118. The maximum Gasteiger partial charge on any atom is 0.100 e. The van der Waals surface area contributed by atoms with Gasteiger partial charge in [0.15, 0.2) is 0 Å². The smallest absolute Gasteiger partial charge is 0.100 e. The fourth-order valence-corrected chi connectivity index (χ4v) is 3.14. The fourth-order valence-electron chi connectivity index (χ4n) is 2.90. The number of hydrogen-bond acceptors (Lipinski definition) is 3. The summed E-state index contributed by atoms with van der Waals surface area (Å²) in [5.74, 6) is 0. The SMILES string of the molecule is C[C@@H](N)c1ccc2c(c1)ncn2-c1ccnc(-c2ccccc2Cl)c1. The van der Waals surface area contributed by atoms with E-state index in [4.69, 9.17) is 17.3 Å². The second-order valence-corrected chi connectivity index (χ2v) is 6.44. The predicted octanol–water partition coefficient (Wildman–Crippen LogP) is 4.76. The Morgan fingerprint density at radius 2 is 1.88 bits per heavy atom. The van der Waals surface area contributed by atoms with Gasteiger partial charge in [0.05, 0.1) is 22.4 Å². The Labute approximate surface area is 150 Å². The molecule has 4 nitrogen and oxygen atoms in total. The lowest BCUT2D eigenvalue weighted by molar-refractivity contribution is 0.819. The standard InChI is InChI=1S/C20H17ClN4/c1-13(22)14-6-7-20-19(10-14)24-12-25(20)15-8-9-23-18(11-15)16-4-2-3-5-17(16)21/h2-13H,22H2,1H3/t13-/m1/s1. The van der Waals surface area contributed by atoms with Gasteiger partial charge in [0.1, 0.15) is 6.33 Å². The van der Waals surface area contributed by atoms with Gasteiger partial charge in [0.25, 0.3) is 0 Å². The third-order valence-electron chi connectivity index (χ3n) is 4.27. The van der Waals surface area contributed by atoms with Crippen LogP contribution in [0.4, 0.5) is 0 Å². The van der Waals surface area contributed by atoms with Crippen LogP contribution in [-0.2, 0) is 0 Å². The van der Waals surface area contributed by atoms with Gasteiger partial charge in [0, 0.05) is 22.8 Å².